The molecule has 1 saturated carbocycles. The van der Waals surface area contributed by atoms with E-state index in [-0.39, 0.29) is 5.75 Å². The molecule has 2 nitrogen and oxygen atoms in total. The van der Waals surface area contributed by atoms with Crippen LogP contribution in [0.4, 0.5) is 12.9 Å². The molecular weight excluding hydrogens is 218 g/mol. The van der Waals surface area contributed by atoms with Crippen LogP contribution in [0.5, 0.6) is 5.75 Å². The topological polar surface area (TPSA) is 22.1 Å². The van der Waals surface area contributed by atoms with Crippen molar-refractivity contribution in [2.75, 3.05) is 6.61 Å². The summed E-state index contributed by atoms with van der Waals surface area (Å²) in [7, 11) is 0. The van der Waals surface area contributed by atoms with Crippen molar-refractivity contribution in [2.24, 2.45) is 5.92 Å². The Balaban J connectivity index is 1.92. The van der Waals surface area contributed by atoms with Gasteiger partial charge in [0.25, 0.3) is 0 Å². The van der Waals surface area contributed by atoms with Crippen LogP contribution in [-0.2, 0) is 0 Å². The molecule has 0 aliphatic heterocycles. The normalized spacial score (nSPS) is 16.2. The van der Waals surface area contributed by atoms with Gasteiger partial charge in [0.05, 0.1) is 12.8 Å². The zero-order valence-electron chi connectivity index (χ0n) is 8.70. The first kappa shape index (κ1) is 11.3. The van der Waals surface area contributed by atoms with Crippen LogP contribution in [0.1, 0.15) is 19.3 Å². The Labute approximate surface area is 91.9 Å². The lowest BCUT2D eigenvalue weighted by Gasteiger charge is -2.15. The third kappa shape index (κ3) is 3.15. The molecule has 0 radical (unpaired) electrons. The maximum Gasteiger partial charge on any atom is 0.511 e. The van der Waals surface area contributed by atoms with Crippen molar-refractivity contribution >= 4 is 12.4 Å². The number of hydrogen-bond acceptors (Lipinski definition) is 2. The van der Waals surface area contributed by atoms with Gasteiger partial charge in [-0.1, -0.05) is 18.3 Å². The summed E-state index contributed by atoms with van der Waals surface area (Å²) in [5, 5.41) is 0. The van der Waals surface area contributed by atoms with Crippen LogP contribution in [0.3, 0.4) is 0 Å². The second-order valence-electron chi connectivity index (χ2n) is 4.11. The summed E-state index contributed by atoms with van der Waals surface area (Å²) < 4.78 is 42.4. The number of nitrogens with zero attached hydrogens (tertiary/aromatic N) is 1. The number of pyridine rings is 1. The van der Waals surface area contributed by atoms with E-state index in [0.29, 0.717) is 12.5 Å². The average Bonchev–Trinajstić information content (AvgIpc) is 3.01. The third-order valence-electron chi connectivity index (χ3n) is 2.60. The van der Waals surface area contributed by atoms with Crippen molar-refractivity contribution in [2.45, 2.75) is 19.3 Å². The van der Waals surface area contributed by atoms with Gasteiger partial charge >= 0.3 is 6.98 Å². The van der Waals surface area contributed by atoms with Crippen molar-refractivity contribution < 1.29 is 17.7 Å². The van der Waals surface area contributed by atoms with Crippen LogP contribution < -0.4 is 10.2 Å². The van der Waals surface area contributed by atoms with Gasteiger partial charge in [0.15, 0.2) is 0 Å². The first-order valence-corrected chi connectivity index (χ1v) is 5.33. The summed E-state index contributed by atoms with van der Waals surface area (Å²) in [5.74, 6) is 0.917. The highest BCUT2D eigenvalue weighted by atomic mass is 19.4. The first-order valence-electron chi connectivity index (χ1n) is 5.33. The second-order valence-corrected chi connectivity index (χ2v) is 4.11. The van der Waals surface area contributed by atoms with E-state index in [9.17, 15) is 12.9 Å². The SMILES string of the molecule is F[B-](F)(F)c1cncc(OCCC2CC2)c1. The third-order valence-corrected chi connectivity index (χ3v) is 2.60. The van der Waals surface area contributed by atoms with Gasteiger partial charge in [-0.15, -0.1) is 0 Å². The van der Waals surface area contributed by atoms with Gasteiger partial charge in [-0.2, -0.15) is 0 Å². The molecule has 0 amide bonds. The minimum Gasteiger partial charge on any atom is -0.492 e. The van der Waals surface area contributed by atoms with Crippen molar-refractivity contribution in [1.82, 2.24) is 4.98 Å². The Kier molecular flexibility index (Phi) is 3.07. The lowest BCUT2D eigenvalue weighted by molar-refractivity contribution is 0.301. The molecule has 1 aromatic rings. The number of rotatable bonds is 5. The van der Waals surface area contributed by atoms with Crippen molar-refractivity contribution in [3.8, 4) is 5.75 Å². The Morgan fingerprint density at radius 1 is 1.31 bits per heavy atom. The summed E-state index contributed by atoms with van der Waals surface area (Å²) in [6.07, 6.45) is 5.49. The zero-order valence-corrected chi connectivity index (χ0v) is 8.70. The van der Waals surface area contributed by atoms with E-state index in [2.05, 4.69) is 4.98 Å². The van der Waals surface area contributed by atoms with Crippen molar-refractivity contribution in [3.05, 3.63) is 18.5 Å². The van der Waals surface area contributed by atoms with E-state index < -0.39 is 12.4 Å². The molecular formula is C10H12BF3NO-. The lowest BCUT2D eigenvalue weighted by atomic mass is 9.81. The van der Waals surface area contributed by atoms with Crippen LogP contribution >= 0.6 is 0 Å². The molecule has 0 saturated heterocycles. The number of hydrogen-bond donors (Lipinski definition) is 0. The molecule has 0 bridgehead atoms. The Morgan fingerprint density at radius 3 is 2.69 bits per heavy atom. The molecule has 2 rings (SSSR count). The summed E-state index contributed by atoms with van der Waals surface area (Å²) in [5.41, 5.74) is -0.705. The molecule has 0 atom stereocenters. The maximum absolute atomic E-state index is 12.4. The monoisotopic (exact) mass is 230 g/mol. The van der Waals surface area contributed by atoms with E-state index >= 15 is 0 Å². The molecule has 6 heteroatoms. The van der Waals surface area contributed by atoms with Gasteiger partial charge in [0.2, 0.25) is 0 Å². The van der Waals surface area contributed by atoms with Gasteiger partial charge in [0.1, 0.15) is 5.75 Å². The average molecular weight is 230 g/mol. The molecule has 0 spiro atoms. The van der Waals surface area contributed by atoms with Crippen molar-refractivity contribution in [1.29, 1.82) is 0 Å². The predicted octanol–water partition coefficient (Wildman–Crippen LogP) is 2.31. The van der Waals surface area contributed by atoms with Crippen LogP contribution in [0.15, 0.2) is 18.5 Å². The lowest BCUT2D eigenvalue weighted by Crippen LogP contribution is -2.34. The van der Waals surface area contributed by atoms with Gasteiger partial charge in [0, 0.05) is 6.20 Å². The molecule has 16 heavy (non-hydrogen) atoms. The van der Waals surface area contributed by atoms with Crippen molar-refractivity contribution in [3.63, 3.8) is 0 Å². The molecule has 0 unspecified atom stereocenters. The Morgan fingerprint density at radius 2 is 2.06 bits per heavy atom. The molecule has 0 aromatic carbocycles. The molecule has 1 aromatic heterocycles. The highest BCUT2D eigenvalue weighted by molar-refractivity contribution is 6.73. The summed E-state index contributed by atoms with van der Waals surface area (Å²) in [6.45, 7) is -4.51. The molecule has 0 N–H and O–H groups in total. The summed E-state index contributed by atoms with van der Waals surface area (Å²) in [6, 6.07) is 1.01. The number of aromatic nitrogens is 1. The fraction of sp³-hybridized carbons (Fsp3) is 0.500. The minimum atomic E-state index is -4.99. The molecule has 88 valence electrons. The molecule has 1 heterocycles. The Bertz CT molecular complexity index is 365. The minimum absolute atomic E-state index is 0.206. The van der Waals surface area contributed by atoms with E-state index in [1.807, 2.05) is 0 Å². The fourth-order valence-corrected chi connectivity index (χ4v) is 1.44. The quantitative estimate of drug-likeness (QED) is 0.724. The molecule has 1 aliphatic rings. The van der Waals surface area contributed by atoms with Gasteiger partial charge in [-0.05, 0) is 18.4 Å². The molecule has 1 aliphatic carbocycles. The van der Waals surface area contributed by atoms with E-state index in [4.69, 9.17) is 4.74 Å². The van der Waals surface area contributed by atoms with E-state index in [1.165, 1.54) is 19.0 Å². The zero-order chi connectivity index (χ0) is 11.6. The second kappa shape index (κ2) is 4.35. The van der Waals surface area contributed by atoms with Gasteiger partial charge in [-0.25, -0.2) is 0 Å². The smallest absolute Gasteiger partial charge is 0.492 e. The van der Waals surface area contributed by atoms with Crippen LogP contribution in [0, 0.1) is 5.92 Å². The van der Waals surface area contributed by atoms with Crippen LogP contribution in [-0.4, -0.2) is 18.6 Å². The highest BCUT2D eigenvalue weighted by Gasteiger charge is 2.26. The number of halogens is 3. The number of ether oxygens (including phenoxy) is 1. The standard InChI is InChI=1S/C10H12BF3NO/c12-11(13,14)9-5-10(7-15-6-9)16-4-3-8-1-2-8/h5-8H,1-4H2/q-1. The van der Waals surface area contributed by atoms with E-state index in [0.717, 1.165) is 18.7 Å². The van der Waals surface area contributed by atoms with Gasteiger partial charge < -0.3 is 17.7 Å². The summed E-state index contributed by atoms with van der Waals surface area (Å²) >= 11 is 0. The fourth-order valence-electron chi connectivity index (χ4n) is 1.44. The maximum atomic E-state index is 12.4. The van der Waals surface area contributed by atoms with Gasteiger partial charge in [-0.3, -0.25) is 4.98 Å². The van der Waals surface area contributed by atoms with Crippen LogP contribution in [0.2, 0.25) is 0 Å². The predicted molar refractivity (Wildman–Crippen MR) is 55.8 cm³/mol. The highest BCUT2D eigenvalue weighted by Crippen LogP contribution is 2.32. The summed E-state index contributed by atoms with van der Waals surface area (Å²) in [4.78, 5) is 3.54. The Hall–Kier alpha value is -1.20. The van der Waals surface area contributed by atoms with Crippen LogP contribution in [0.25, 0.3) is 0 Å². The molecule has 1 fully saturated rings. The first-order chi connectivity index (χ1) is 7.55. The van der Waals surface area contributed by atoms with E-state index in [1.54, 1.807) is 0 Å². The largest absolute Gasteiger partial charge is 0.511 e.